The molecule has 0 saturated heterocycles. The lowest BCUT2D eigenvalue weighted by Gasteiger charge is -2.10. The molecule has 0 radical (unpaired) electrons. The summed E-state index contributed by atoms with van der Waals surface area (Å²) < 4.78 is 1.58. The number of carboxylic acids is 1. The molecule has 2 heterocycles. The minimum atomic E-state index is -1.06. The average Bonchev–Trinajstić information content (AvgIpc) is 2.92. The van der Waals surface area contributed by atoms with Crippen molar-refractivity contribution in [3.8, 4) is 5.69 Å². The summed E-state index contributed by atoms with van der Waals surface area (Å²) in [5.74, 6) is -1.07. The van der Waals surface area contributed by atoms with Crippen molar-refractivity contribution >= 4 is 16.9 Å². The van der Waals surface area contributed by atoms with Gasteiger partial charge in [-0.1, -0.05) is 25.1 Å². The van der Waals surface area contributed by atoms with E-state index < -0.39 is 5.97 Å². The number of pyridine rings is 1. The third-order valence-corrected chi connectivity index (χ3v) is 3.29. The van der Waals surface area contributed by atoms with E-state index in [2.05, 4.69) is 15.3 Å². The topological polar surface area (TPSA) is 80.9 Å². The first-order valence-corrected chi connectivity index (χ1v) is 6.62. The second-order valence-corrected chi connectivity index (χ2v) is 5.08. The lowest BCUT2D eigenvalue weighted by atomic mass is 10.1. The van der Waals surface area contributed by atoms with Crippen LogP contribution in [-0.2, 0) is 0 Å². The molecular weight excluding hydrogens is 268 g/mol. The maximum Gasteiger partial charge on any atom is 0.358 e. The highest BCUT2D eigenvalue weighted by atomic mass is 16.4. The van der Waals surface area contributed by atoms with Crippen LogP contribution in [-0.4, -0.2) is 31.1 Å². The van der Waals surface area contributed by atoms with Gasteiger partial charge in [0.05, 0.1) is 16.9 Å². The molecule has 0 saturated carbocycles. The monoisotopic (exact) mass is 282 g/mol. The van der Waals surface area contributed by atoms with Gasteiger partial charge in [0.1, 0.15) is 0 Å². The number of benzene rings is 1. The van der Waals surface area contributed by atoms with Crippen LogP contribution in [0.2, 0.25) is 0 Å². The summed E-state index contributed by atoms with van der Waals surface area (Å²) in [7, 11) is 0. The van der Waals surface area contributed by atoms with Crippen LogP contribution >= 0.6 is 0 Å². The van der Waals surface area contributed by atoms with E-state index in [9.17, 15) is 9.90 Å². The summed E-state index contributed by atoms with van der Waals surface area (Å²) in [4.78, 5) is 15.5. The van der Waals surface area contributed by atoms with Crippen LogP contribution in [0.15, 0.2) is 36.5 Å². The molecule has 0 aliphatic heterocycles. The molecule has 0 aliphatic rings. The standard InChI is InChI=1S/C15H14N4O2/c1-9(2)14-13(15(20)21)17-18-19(14)11-5-6-12-10(8-11)4-3-7-16-12/h3-9H,1-2H3,(H,20,21). The Morgan fingerprint density at radius 3 is 2.81 bits per heavy atom. The van der Waals surface area contributed by atoms with Crippen molar-refractivity contribution in [3.05, 3.63) is 47.9 Å². The normalized spacial score (nSPS) is 11.2. The zero-order chi connectivity index (χ0) is 15.0. The highest BCUT2D eigenvalue weighted by Gasteiger charge is 2.22. The Kier molecular flexibility index (Phi) is 3.13. The van der Waals surface area contributed by atoms with E-state index in [-0.39, 0.29) is 11.6 Å². The molecule has 0 unspecified atom stereocenters. The number of aromatic nitrogens is 4. The van der Waals surface area contributed by atoms with E-state index in [0.29, 0.717) is 5.69 Å². The zero-order valence-corrected chi connectivity index (χ0v) is 11.7. The highest BCUT2D eigenvalue weighted by Crippen LogP contribution is 2.23. The Balaban J connectivity index is 2.20. The molecule has 21 heavy (non-hydrogen) atoms. The first kappa shape index (κ1) is 13.2. The molecule has 0 fully saturated rings. The van der Waals surface area contributed by atoms with E-state index in [1.807, 2.05) is 44.2 Å². The van der Waals surface area contributed by atoms with E-state index in [4.69, 9.17) is 0 Å². The summed E-state index contributed by atoms with van der Waals surface area (Å²) in [6.45, 7) is 3.84. The molecule has 2 aromatic heterocycles. The summed E-state index contributed by atoms with van der Waals surface area (Å²) in [6, 6.07) is 9.49. The van der Waals surface area contributed by atoms with E-state index in [1.54, 1.807) is 10.9 Å². The Labute approximate surface area is 121 Å². The van der Waals surface area contributed by atoms with Crippen LogP contribution in [0.3, 0.4) is 0 Å². The Hall–Kier alpha value is -2.76. The van der Waals surface area contributed by atoms with Gasteiger partial charge in [-0.15, -0.1) is 5.10 Å². The zero-order valence-electron chi connectivity index (χ0n) is 11.7. The molecule has 106 valence electrons. The molecule has 6 nitrogen and oxygen atoms in total. The number of carbonyl (C=O) groups is 1. The predicted octanol–water partition coefficient (Wildman–Crippen LogP) is 2.64. The largest absolute Gasteiger partial charge is 0.476 e. The molecular formula is C15H14N4O2. The van der Waals surface area contributed by atoms with Gasteiger partial charge < -0.3 is 5.11 Å². The predicted molar refractivity (Wildman–Crippen MR) is 77.7 cm³/mol. The number of hydrogen-bond acceptors (Lipinski definition) is 4. The molecule has 1 N–H and O–H groups in total. The molecule has 1 aromatic carbocycles. The van der Waals surface area contributed by atoms with Crippen molar-refractivity contribution in [2.24, 2.45) is 0 Å². The molecule has 0 bridgehead atoms. The van der Waals surface area contributed by atoms with Gasteiger partial charge in [0.2, 0.25) is 0 Å². The van der Waals surface area contributed by atoms with Crippen molar-refractivity contribution in [1.29, 1.82) is 0 Å². The van der Waals surface area contributed by atoms with Gasteiger partial charge in [0, 0.05) is 11.6 Å². The van der Waals surface area contributed by atoms with Crippen LogP contribution in [0.4, 0.5) is 0 Å². The SMILES string of the molecule is CC(C)c1c(C(=O)O)nnn1-c1ccc2ncccc2c1. The van der Waals surface area contributed by atoms with Crippen LogP contribution in [0.25, 0.3) is 16.6 Å². The number of rotatable bonds is 3. The number of nitrogens with zero attached hydrogens (tertiary/aromatic N) is 4. The van der Waals surface area contributed by atoms with E-state index in [1.165, 1.54) is 0 Å². The summed E-state index contributed by atoms with van der Waals surface area (Å²) in [5, 5.41) is 18.0. The van der Waals surface area contributed by atoms with Crippen LogP contribution in [0, 0.1) is 0 Å². The fraction of sp³-hybridized carbons (Fsp3) is 0.200. The quantitative estimate of drug-likeness (QED) is 0.798. The third-order valence-electron chi connectivity index (χ3n) is 3.29. The van der Waals surface area contributed by atoms with Crippen LogP contribution in [0.5, 0.6) is 0 Å². The fourth-order valence-electron chi connectivity index (χ4n) is 2.34. The van der Waals surface area contributed by atoms with Gasteiger partial charge in [0.15, 0.2) is 5.69 Å². The molecule has 0 atom stereocenters. The minimum absolute atomic E-state index is 0.00344. The molecule has 0 spiro atoms. The Bertz CT molecular complexity index is 823. The number of aromatic carboxylic acids is 1. The fourth-order valence-corrected chi connectivity index (χ4v) is 2.34. The second kappa shape index (κ2) is 4.97. The average molecular weight is 282 g/mol. The van der Waals surface area contributed by atoms with E-state index in [0.717, 1.165) is 16.6 Å². The lowest BCUT2D eigenvalue weighted by molar-refractivity contribution is 0.0688. The number of fused-ring (bicyclic) bond motifs is 1. The van der Waals surface area contributed by atoms with Gasteiger partial charge in [-0.25, -0.2) is 9.48 Å². The van der Waals surface area contributed by atoms with Crippen molar-refractivity contribution in [1.82, 2.24) is 20.0 Å². The molecule has 3 aromatic rings. The van der Waals surface area contributed by atoms with Crippen molar-refractivity contribution in [2.75, 3.05) is 0 Å². The maximum atomic E-state index is 11.3. The number of hydrogen-bond donors (Lipinski definition) is 1. The third kappa shape index (κ3) is 2.24. The molecule has 0 aliphatic carbocycles. The molecule has 3 rings (SSSR count). The van der Waals surface area contributed by atoms with Gasteiger partial charge in [-0.3, -0.25) is 4.98 Å². The lowest BCUT2D eigenvalue weighted by Crippen LogP contribution is -2.08. The second-order valence-electron chi connectivity index (χ2n) is 5.08. The highest BCUT2D eigenvalue weighted by molar-refractivity contribution is 5.87. The van der Waals surface area contributed by atoms with Gasteiger partial charge in [0.25, 0.3) is 0 Å². The van der Waals surface area contributed by atoms with E-state index >= 15 is 0 Å². The van der Waals surface area contributed by atoms with Gasteiger partial charge in [-0.05, 0) is 30.2 Å². The summed E-state index contributed by atoms with van der Waals surface area (Å²) in [5.41, 5.74) is 2.24. The maximum absolute atomic E-state index is 11.3. The van der Waals surface area contributed by atoms with Gasteiger partial charge >= 0.3 is 5.97 Å². The van der Waals surface area contributed by atoms with Gasteiger partial charge in [-0.2, -0.15) is 0 Å². The first-order valence-electron chi connectivity index (χ1n) is 6.62. The summed E-state index contributed by atoms with van der Waals surface area (Å²) >= 11 is 0. The van der Waals surface area contributed by atoms with Crippen molar-refractivity contribution in [2.45, 2.75) is 19.8 Å². The van der Waals surface area contributed by atoms with Crippen LogP contribution in [0.1, 0.15) is 35.9 Å². The Morgan fingerprint density at radius 2 is 2.10 bits per heavy atom. The van der Waals surface area contributed by atoms with Crippen LogP contribution < -0.4 is 0 Å². The smallest absolute Gasteiger partial charge is 0.358 e. The van der Waals surface area contributed by atoms with Crippen molar-refractivity contribution in [3.63, 3.8) is 0 Å². The Morgan fingerprint density at radius 1 is 1.29 bits per heavy atom. The molecule has 6 heteroatoms. The molecule has 0 amide bonds. The minimum Gasteiger partial charge on any atom is -0.476 e. The first-order chi connectivity index (χ1) is 10.1. The summed E-state index contributed by atoms with van der Waals surface area (Å²) in [6.07, 6.45) is 1.74. The van der Waals surface area contributed by atoms with Crippen molar-refractivity contribution < 1.29 is 9.90 Å². The number of carboxylic acid groups (broad SMARTS) is 1.